The van der Waals surface area contributed by atoms with Crippen LogP contribution in [-0.2, 0) is 0 Å². The van der Waals surface area contributed by atoms with E-state index < -0.39 is 35.5 Å². The molecule has 1 saturated heterocycles. The minimum atomic E-state index is -4.49. The van der Waals surface area contributed by atoms with E-state index in [-0.39, 0.29) is 12.8 Å². The minimum absolute atomic E-state index is 0.129. The summed E-state index contributed by atoms with van der Waals surface area (Å²) in [5.74, 6) is 0. The summed E-state index contributed by atoms with van der Waals surface area (Å²) < 4.78 is 67.9. The van der Waals surface area contributed by atoms with Gasteiger partial charge in [-0.25, -0.2) is 4.79 Å². The molecule has 23 heavy (non-hydrogen) atoms. The molecule has 0 spiro atoms. The van der Waals surface area contributed by atoms with Crippen LogP contribution in [0.4, 0.5) is 26.7 Å². The Kier molecular flexibility index (Phi) is 4.58. The lowest BCUT2D eigenvalue weighted by Gasteiger charge is -2.39. The molecule has 3 nitrogen and oxygen atoms in total. The van der Waals surface area contributed by atoms with Crippen LogP contribution in [-0.4, -0.2) is 36.2 Å². The molecule has 1 aliphatic carbocycles. The van der Waals surface area contributed by atoms with Crippen molar-refractivity contribution >= 4 is 6.03 Å². The van der Waals surface area contributed by atoms with Gasteiger partial charge in [0.1, 0.15) is 0 Å². The molecule has 1 N–H and O–H groups in total. The van der Waals surface area contributed by atoms with Crippen LogP contribution >= 0.6 is 0 Å². The van der Waals surface area contributed by atoms with E-state index in [0.29, 0.717) is 13.1 Å². The Morgan fingerprint density at radius 1 is 1.04 bits per heavy atom. The van der Waals surface area contributed by atoms with Crippen molar-refractivity contribution in [2.75, 3.05) is 13.1 Å². The van der Waals surface area contributed by atoms with Gasteiger partial charge in [0.05, 0.1) is 5.41 Å². The largest absolute Gasteiger partial charge is 0.394 e. The number of nitrogens with zero attached hydrogens (tertiary/aromatic N) is 1. The highest BCUT2D eigenvalue weighted by Crippen LogP contribution is 2.64. The Balaban J connectivity index is 2.03. The zero-order valence-electron chi connectivity index (χ0n) is 13.4. The molecule has 0 radical (unpaired) electrons. The predicted molar refractivity (Wildman–Crippen MR) is 75.0 cm³/mol. The van der Waals surface area contributed by atoms with Gasteiger partial charge < -0.3 is 4.90 Å². The quantitative estimate of drug-likeness (QED) is 0.591. The molecule has 0 unspecified atom stereocenters. The van der Waals surface area contributed by atoms with Gasteiger partial charge in [0.25, 0.3) is 0 Å². The minimum Gasteiger partial charge on any atom is -0.325 e. The highest BCUT2D eigenvalue weighted by Gasteiger charge is 2.67. The Bertz CT molecular complexity index is 451. The van der Waals surface area contributed by atoms with Gasteiger partial charge in [-0.3, -0.25) is 5.32 Å². The molecule has 0 bridgehead atoms. The van der Waals surface area contributed by atoms with Crippen molar-refractivity contribution in [1.82, 2.24) is 10.2 Å². The Labute approximate surface area is 132 Å². The smallest absolute Gasteiger partial charge is 0.325 e. The molecule has 134 valence electrons. The van der Waals surface area contributed by atoms with Crippen molar-refractivity contribution in [2.45, 2.75) is 64.6 Å². The van der Waals surface area contributed by atoms with Gasteiger partial charge in [-0.1, -0.05) is 13.8 Å². The molecule has 0 atom stereocenters. The van der Waals surface area contributed by atoms with E-state index in [2.05, 4.69) is 0 Å². The Morgan fingerprint density at radius 2 is 1.57 bits per heavy atom. The van der Waals surface area contributed by atoms with E-state index in [1.165, 1.54) is 4.90 Å². The van der Waals surface area contributed by atoms with Crippen LogP contribution in [0.5, 0.6) is 0 Å². The molecule has 1 heterocycles. The maximum Gasteiger partial charge on any atom is 0.394 e. The number of piperidine rings is 1. The van der Waals surface area contributed by atoms with Crippen LogP contribution < -0.4 is 5.32 Å². The van der Waals surface area contributed by atoms with E-state index in [0.717, 1.165) is 33.1 Å². The molecular weight excluding hydrogens is 319 g/mol. The molecule has 2 fully saturated rings. The van der Waals surface area contributed by atoms with Gasteiger partial charge in [-0.2, -0.15) is 22.0 Å². The molecule has 2 amide bonds. The number of hydrogen-bond donors (Lipinski definition) is 1. The molecule has 1 saturated carbocycles. The van der Waals surface area contributed by atoms with Crippen molar-refractivity contribution < 1.29 is 26.7 Å². The third-order valence-corrected chi connectivity index (χ3v) is 4.99. The first-order valence-electron chi connectivity index (χ1n) is 7.92. The number of alkyl halides is 5. The summed E-state index contributed by atoms with van der Waals surface area (Å²) in [5, 5.41) is 1.65. The van der Waals surface area contributed by atoms with Crippen molar-refractivity contribution in [1.29, 1.82) is 0 Å². The van der Waals surface area contributed by atoms with Gasteiger partial charge in [-0.05, 0) is 38.5 Å². The van der Waals surface area contributed by atoms with E-state index in [9.17, 15) is 26.7 Å². The van der Waals surface area contributed by atoms with Crippen LogP contribution in [0, 0.1) is 10.8 Å². The van der Waals surface area contributed by atoms with E-state index in [1.807, 2.05) is 0 Å². The molecule has 1 aliphatic heterocycles. The third kappa shape index (κ3) is 3.71. The lowest BCUT2D eigenvalue weighted by atomic mass is 9.78. The van der Waals surface area contributed by atoms with Crippen LogP contribution in [0.25, 0.3) is 0 Å². The number of carbonyl (C=O) groups excluding carboxylic acids is 1. The summed E-state index contributed by atoms with van der Waals surface area (Å²) >= 11 is 0. The average molecular weight is 342 g/mol. The summed E-state index contributed by atoms with van der Waals surface area (Å²) in [6.45, 7) is 2.95. The molecule has 0 aromatic heterocycles. The number of likely N-dealkylation sites (tertiary alicyclic amines) is 1. The first-order chi connectivity index (χ1) is 10.4. The number of hydrogen-bond acceptors (Lipinski definition) is 1. The lowest BCUT2D eigenvalue weighted by Crippen LogP contribution is -2.57. The number of rotatable bonds is 4. The normalized spacial score (nSPS) is 22.0. The monoisotopic (exact) mass is 342 g/mol. The molecule has 0 aromatic carbocycles. The number of carbonyl (C=O) groups is 1. The zero-order valence-corrected chi connectivity index (χ0v) is 13.4. The number of halogens is 5. The average Bonchev–Trinajstić information content (AvgIpc) is 3.19. The van der Waals surface area contributed by atoms with Gasteiger partial charge in [0, 0.05) is 18.5 Å². The van der Waals surface area contributed by atoms with Crippen molar-refractivity contribution in [2.24, 2.45) is 10.8 Å². The fourth-order valence-corrected chi connectivity index (χ4v) is 3.15. The predicted octanol–water partition coefficient (Wildman–Crippen LogP) is 4.53. The lowest BCUT2D eigenvalue weighted by molar-refractivity contribution is -0.213. The molecule has 0 aromatic rings. The maximum absolute atomic E-state index is 14.4. The highest BCUT2D eigenvalue weighted by molar-refractivity contribution is 5.74. The van der Waals surface area contributed by atoms with Gasteiger partial charge >= 0.3 is 18.3 Å². The van der Waals surface area contributed by atoms with Crippen LogP contribution in [0.1, 0.15) is 52.4 Å². The van der Waals surface area contributed by atoms with Gasteiger partial charge in [-0.15, -0.1) is 0 Å². The summed E-state index contributed by atoms with van der Waals surface area (Å²) in [6.07, 6.45) is -3.00. The number of urea groups is 1. The Hall–Kier alpha value is -1.08. The van der Waals surface area contributed by atoms with Crippen LogP contribution in [0.15, 0.2) is 0 Å². The SMILES string of the molecule is CC(C)(CC1(C(F)(F)F)CC1)C(F)(F)NC(=O)N1CCCCC1. The number of nitrogens with one attached hydrogen (secondary N) is 1. The van der Waals surface area contributed by atoms with Gasteiger partial charge in [0.15, 0.2) is 0 Å². The first kappa shape index (κ1) is 18.3. The summed E-state index contributed by atoms with van der Waals surface area (Å²) in [5.41, 5.74) is -4.01. The molecular formula is C15H23F5N2O. The standard InChI is InChI=1S/C15H23F5N2O/c1-12(2,10-13(6-7-13)14(16,17)18)15(19,20)21-11(23)22-8-4-3-5-9-22/h3-10H2,1-2H3,(H,21,23). The summed E-state index contributed by atoms with van der Waals surface area (Å²) in [6, 6.07) is -4.61. The Morgan fingerprint density at radius 3 is 2.00 bits per heavy atom. The highest BCUT2D eigenvalue weighted by atomic mass is 19.4. The second-order valence-corrected chi connectivity index (χ2v) is 7.39. The summed E-state index contributed by atoms with van der Waals surface area (Å²) in [7, 11) is 0. The third-order valence-electron chi connectivity index (χ3n) is 4.99. The topological polar surface area (TPSA) is 32.3 Å². The van der Waals surface area contributed by atoms with E-state index >= 15 is 0 Å². The van der Waals surface area contributed by atoms with Crippen LogP contribution in [0.2, 0.25) is 0 Å². The van der Waals surface area contributed by atoms with Crippen LogP contribution in [0.3, 0.4) is 0 Å². The second kappa shape index (κ2) is 5.77. The number of amides is 2. The van der Waals surface area contributed by atoms with Crippen molar-refractivity contribution in [3.63, 3.8) is 0 Å². The van der Waals surface area contributed by atoms with E-state index in [1.54, 1.807) is 5.32 Å². The molecule has 2 rings (SSSR count). The fraction of sp³-hybridized carbons (Fsp3) is 0.933. The first-order valence-corrected chi connectivity index (χ1v) is 7.92. The van der Waals surface area contributed by atoms with E-state index in [4.69, 9.17) is 0 Å². The summed E-state index contributed by atoms with van der Waals surface area (Å²) in [4.78, 5) is 13.2. The fourth-order valence-electron chi connectivity index (χ4n) is 3.15. The maximum atomic E-state index is 14.4. The van der Waals surface area contributed by atoms with Gasteiger partial charge in [0.2, 0.25) is 0 Å². The van der Waals surface area contributed by atoms with Crippen molar-refractivity contribution in [3.8, 4) is 0 Å². The molecule has 8 heteroatoms. The second-order valence-electron chi connectivity index (χ2n) is 7.39. The van der Waals surface area contributed by atoms with Crippen molar-refractivity contribution in [3.05, 3.63) is 0 Å². The zero-order chi connectivity index (χ0) is 17.5. The molecule has 2 aliphatic rings.